The first-order chi connectivity index (χ1) is 11.8. The second kappa shape index (κ2) is 8.81. The molecule has 0 saturated heterocycles. The van der Waals surface area contributed by atoms with Gasteiger partial charge in [-0.2, -0.15) is 0 Å². The van der Waals surface area contributed by atoms with Gasteiger partial charge in [0.1, 0.15) is 0 Å². The molecule has 4 nitrogen and oxygen atoms in total. The molecule has 0 aliphatic carbocycles. The number of ether oxygens (including phenoxy) is 1. The van der Waals surface area contributed by atoms with Crippen LogP contribution in [0.5, 0.6) is 0 Å². The fourth-order valence-corrected chi connectivity index (χ4v) is 3.10. The van der Waals surface area contributed by atoms with Gasteiger partial charge in [0.05, 0.1) is 10.6 Å². The maximum absolute atomic E-state index is 12.3. The number of nitrogens with one attached hydrogen (secondary N) is 1. The van der Waals surface area contributed by atoms with Gasteiger partial charge in [0.25, 0.3) is 5.91 Å². The highest BCUT2D eigenvalue weighted by atomic mass is 35.5. The molecule has 1 unspecified atom stereocenters. The summed E-state index contributed by atoms with van der Waals surface area (Å²) in [5.41, 5.74) is 0.617. The first kappa shape index (κ1) is 19.9. The molecule has 2 aromatic rings. The molecule has 1 amide bonds. The first-order valence-corrected chi connectivity index (χ1v) is 9.47. The Bertz CT molecular complexity index is 793. The van der Waals surface area contributed by atoms with Crippen molar-refractivity contribution in [2.45, 2.75) is 17.9 Å². The van der Waals surface area contributed by atoms with E-state index >= 15 is 0 Å². The molecule has 0 saturated carbocycles. The van der Waals surface area contributed by atoms with Crippen LogP contribution in [0, 0.1) is 0 Å². The Labute approximate surface area is 164 Å². The minimum atomic E-state index is -1.03. The molecule has 0 radical (unpaired) electrons. The van der Waals surface area contributed by atoms with E-state index in [9.17, 15) is 9.59 Å². The second-order valence-corrected chi connectivity index (χ2v) is 7.20. The fourth-order valence-electron chi connectivity index (χ4n) is 1.94. The molecule has 2 rings (SSSR count). The van der Waals surface area contributed by atoms with Crippen LogP contribution < -0.4 is 5.32 Å². The van der Waals surface area contributed by atoms with E-state index in [1.165, 1.54) is 18.7 Å². The third-order valence-electron chi connectivity index (χ3n) is 3.18. The van der Waals surface area contributed by atoms with Crippen LogP contribution in [0.4, 0.5) is 5.69 Å². The molecular weight excluding hydrogens is 405 g/mol. The zero-order chi connectivity index (χ0) is 18.6. The van der Waals surface area contributed by atoms with Crippen molar-refractivity contribution < 1.29 is 14.3 Å². The van der Waals surface area contributed by atoms with Crippen molar-refractivity contribution in [1.82, 2.24) is 0 Å². The SMILES string of the molecule is CSc1ccc(Cl)c(C(=O)OC(C)C(=O)Nc2cc(Cl)cc(Cl)c2)c1. The number of carbonyl (C=O) groups is 2. The molecule has 0 bridgehead atoms. The molecule has 25 heavy (non-hydrogen) atoms. The Hall–Kier alpha value is -1.40. The van der Waals surface area contributed by atoms with Crippen molar-refractivity contribution in [2.75, 3.05) is 11.6 Å². The normalized spacial score (nSPS) is 11.7. The highest BCUT2D eigenvalue weighted by Gasteiger charge is 2.21. The maximum atomic E-state index is 12.3. The van der Waals surface area contributed by atoms with Crippen LogP contribution in [0.15, 0.2) is 41.3 Å². The molecule has 0 aromatic heterocycles. The number of amides is 1. The zero-order valence-corrected chi connectivity index (χ0v) is 16.4. The Morgan fingerprint density at radius 1 is 1.08 bits per heavy atom. The first-order valence-electron chi connectivity index (χ1n) is 7.11. The Balaban J connectivity index is 2.06. The van der Waals surface area contributed by atoms with Gasteiger partial charge in [-0.05, 0) is 49.6 Å². The van der Waals surface area contributed by atoms with Gasteiger partial charge in [-0.15, -0.1) is 11.8 Å². The topological polar surface area (TPSA) is 55.4 Å². The predicted molar refractivity (Wildman–Crippen MR) is 103 cm³/mol. The van der Waals surface area contributed by atoms with Crippen LogP contribution in [-0.2, 0) is 9.53 Å². The molecule has 1 atom stereocenters. The molecule has 1 N–H and O–H groups in total. The smallest absolute Gasteiger partial charge is 0.340 e. The lowest BCUT2D eigenvalue weighted by atomic mass is 10.2. The largest absolute Gasteiger partial charge is 0.449 e. The van der Waals surface area contributed by atoms with Gasteiger partial charge in [0.15, 0.2) is 6.10 Å². The minimum absolute atomic E-state index is 0.207. The van der Waals surface area contributed by atoms with E-state index in [2.05, 4.69) is 5.32 Å². The third-order valence-corrected chi connectivity index (χ3v) is 4.67. The summed E-state index contributed by atoms with van der Waals surface area (Å²) in [5, 5.41) is 3.62. The molecule has 8 heteroatoms. The van der Waals surface area contributed by atoms with E-state index in [0.29, 0.717) is 15.7 Å². The van der Waals surface area contributed by atoms with E-state index in [0.717, 1.165) is 4.90 Å². The summed E-state index contributed by atoms with van der Waals surface area (Å²) in [5.74, 6) is -1.18. The van der Waals surface area contributed by atoms with Crippen LogP contribution >= 0.6 is 46.6 Å². The highest BCUT2D eigenvalue weighted by Crippen LogP contribution is 2.25. The lowest BCUT2D eigenvalue weighted by Gasteiger charge is -2.14. The van der Waals surface area contributed by atoms with Gasteiger partial charge >= 0.3 is 5.97 Å². The number of halogens is 3. The van der Waals surface area contributed by atoms with E-state index < -0.39 is 18.0 Å². The van der Waals surface area contributed by atoms with E-state index in [1.807, 2.05) is 6.26 Å². The minimum Gasteiger partial charge on any atom is -0.449 e. The van der Waals surface area contributed by atoms with Crippen LogP contribution in [-0.4, -0.2) is 24.2 Å². The summed E-state index contributed by atoms with van der Waals surface area (Å²) in [6, 6.07) is 9.66. The number of rotatable bonds is 5. The van der Waals surface area contributed by atoms with Gasteiger partial charge in [-0.25, -0.2) is 4.79 Å². The zero-order valence-electron chi connectivity index (χ0n) is 13.3. The number of hydrogen-bond acceptors (Lipinski definition) is 4. The summed E-state index contributed by atoms with van der Waals surface area (Å²) < 4.78 is 5.20. The second-order valence-electron chi connectivity index (χ2n) is 5.04. The lowest BCUT2D eigenvalue weighted by molar-refractivity contribution is -0.123. The van der Waals surface area contributed by atoms with Gasteiger partial charge in [0.2, 0.25) is 0 Å². The Morgan fingerprint density at radius 3 is 2.32 bits per heavy atom. The number of hydrogen-bond donors (Lipinski definition) is 1. The van der Waals surface area contributed by atoms with E-state index in [4.69, 9.17) is 39.5 Å². The number of carbonyl (C=O) groups excluding carboxylic acids is 2. The molecule has 0 spiro atoms. The van der Waals surface area contributed by atoms with Crippen molar-refractivity contribution in [3.05, 3.63) is 57.0 Å². The van der Waals surface area contributed by atoms with Gasteiger partial charge < -0.3 is 10.1 Å². The van der Waals surface area contributed by atoms with Crippen molar-refractivity contribution in [2.24, 2.45) is 0 Å². The summed E-state index contributed by atoms with van der Waals surface area (Å²) in [6.45, 7) is 1.46. The van der Waals surface area contributed by atoms with E-state index in [-0.39, 0.29) is 10.6 Å². The average molecular weight is 419 g/mol. The molecule has 2 aromatic carbocycles. The number of benzene rings is 2. The van der Waals surface area contributed by atoms with Crippen molar-refractivity contribution >= 4 is 64.1 Å². The number of thioether (sulfide) groups is 1. The maximum Gasteiger partial charge on any atom is 0.340 e. The van der Waals surface area contributed by atoms with Crippen LogP contribution in [0.25, 0.3) is 0 Å². The van der Waals surface area contributed by atoms with Crippen molar-refractivity contribution in [1.29, 1.82) is 0 Å². The van der Waals surface area contributed by atoms with E-state index in [1.54, 1.807) is 36.4 Å². The van der Waals surface area contributed by atoms with Crippen LogP contribution in [0.2, 0.25) is 15.1 Å². The van der Waals surface area contributed by atoms with Crippen LogP contribution in [0.3, 0.4) is 0 Å². The standard InChI is InChI=1S/C17H14Cl3NO3S/c1-9(16(22)21-12-6-10(18)5-11(19)7-12)24-17(23)14-8-13(25-2)3-4-15(14)20/h3-9H,1-2H3,(H,21,22). The van der Waals surface area contributed by atoms with Crippen LogP contribution in [0.1, 0.15) is 17.3 Å². The molecule has 0 aliphatic heterocycles. The molecule has 132 valence electrons. The quantitative estimate of drug-likeness (QED) is 0.510. The molecule has 0 heterocycles. The molecular formula is C17H14Cl3NO3S. The number of anilines is 1. The monoisotopic (exact) mass is 417 g/mol. The summed E-state index contributed by atoms with van der Waals surface area (Å²) in [7, 11) is 0. The molecule has 0 fully saturated rings. The van der Waals surface area contributed by atoms with Crippen molar-refractivity contribution in [3.63, 3.8) is 0 Å². The average Bonchev–Trinajstić information content (AvgIpc) is 2.54. The predicted octanol–water partition coefficient (Wildman–Crippen LogP) is 5.55. The number of esters is 1. The Kier molecular flexibility index (Phi) is 7.02. The van der Waals surface area contributed by atoms with Gasteiger partial charge in [0, 0.05) is 20.6 Å². The van der Waals surface area contributed by atoms with Gasteiger partial charge in [-0.3, -0.25) is 4.79 Å². The van der Waals surface area contributed by atoms with Gasteiger partial charge in [-0.1, -0.05) is 34.8 Å². The summed E-state index contributed by atoms with van der Waals surface area (Å²) in [4.78, 5) is 25.3. The lowest BCUT2D eigenvalue weighted by Crippen LogP contribution is -2.30. The summed E-state index contributed by atoms with van der Waals surface area (Å²) >= 11 is 19.3. The highest BCUT2D eigenvalue weighted by molar-refractivity contribution is 7.98. The third kappa shape index (κ3) is 5.54. The van der Waals surface area contributed by atoms with Crippen molar-refractivity contribution in [3.8, 4) is 0 Å². The Morgan fingerprint density at radius 2 is 1.72 bits per heavy atom. The fraction of sp³-hybridized carbons (Fsp3) is 0.176. The molecule has 0 aliphatic rings. The summed E-state index contributed by atoms with van der Waals surface area (Å²) in [6.07, 6.45) is 0.851.